The fraction of sp³-hybridized carbons (Fsp3) is 0.381. The van der Waals surface area contributed by atoms with Gasteiger partial charge in [-0.1, -0.05) is 37.6 Å². The molecule has 0 aromatic heterocycles. The fourth-order valence-electron chi connectivity index (χ4n) is 3.35. The van der Waals surface area contributed by atoms with Crippen LogP contribution in [-0.2, 0) is 5.66 Å². The standard InChI is InChI=1S/C21H26N2O2/c1-4-6-15-25-17-13-11-16(12-14-17)21(3)22-19-10-8-7-9-18(19)20(24)23(21)5-2/h7-14,22H,4-6,15H2,1-3H3. The number of unbranched alkanes of at least 4 members (excludes halogenated alkanes) is 1. The Morgan fingerprint density at radius 1 is 1.08 bits per heavy atom. The van der Waals surface area contributed by atoms with Crippen LogP contribution in [0, 0.1) is 0 Å². The summed E-state index contributed by atoms with van der Waals surface area (Å²) >= 11 is 0. The van der Waals surface area contributed by atoms with E-state index in [1.165, 1.54) is 0 Å². The van der Waals surface area contributed by atoms with E-state index in [2.05, 4.69) is 19.2 Å². The number of fused-ring (bicyclic) bond motifs is 1. The second-order valence-corrected chi connectivity index (χ2v) is 6.52. The Bertz CT molecular complexity index is 742. The summed E-state index contributed by atoms with van der Waals surface area (Å²) in [4.78, 5) is 14.8. The molecule has 25 heavy (non-hydrogen) atoms. The predicted octanol–water partition coefficient (Wildman–Crippen LogP) is 4.63. The first-order valence-corrected chi connectivity index (χ1v) is 9.02. The number of benzene rings is 2. The van der Waals surface area contributed by atoms with E-state index in [1.54, 1.807) is 0 Å². The van der Waals surface area contributed by atoms with E-state index < -0.39 is 5.66 Å². The molecule has 0 saturated heterocycles. The van der Waals surface area contributed by atoms with E-state index in [4.69, 9.17) is 4.74 Å². The number of rotatable bonds is 6. The molecule has 2 aromatic carbocycles. The summed E-state index contributed by atoms with van der Waals surface area (Å²) in [5, 5.41) is 3.56. The smallest absolute Gasteiger partial charge is 0.258 e. The molecular formula is C21H26N2O2. The Balaban J connectivity index is 1.90. The fourth-order valence-corrected chi connectivity index (χ4v) is 3.35. The van der Waals surface area contributed by atoms with Crippen LogP contribution in [0.15, 0.2) is 48.5 Å². The first-order chi connectivity index (χ1) is 12.1. The second kappa shape index (κ2) is 7.18. The molecule has 1 amide bonds. The van der Waals surface area contributed by atoms with Crippen LogP contribution in [0.25, 0.3) is 0 Å². The molecule has 0 spiro atoms. The summed E-state index contributed by atoms with van der Waals surface area (Å²) < 4.78 is 5.75. The van der Waals surface area contributed by atoms with Gasteiger partial charge in [0, 0.05) is 12.2 Å². The summed E-state index contributed by atoms with van der Waals surface area (Å²) in [5.74, 6) is 0.925. The summed E-state index contributed by atoms with van der Waals surface area (Å²) in [6, 6.07) is 15.7. The summed E-state index contributed by atoms with van der Waals surface area (Å²) in [5.41, 5.74) is 2.06. The topological polar surface area (TPSA) is 41.6 Å². The molecule has 1 aliphatic rings. The van der Waals surface area contributed by atoms with Crippen LogP contribution in [0.4, 0.5) is 5.69 Å². The predicted molar refractivity (Wildman–Crippen MR) is 101 cm³/mol. The number of anilines is 1. The Labute approximate surface area is 149 Å². The van der Waals surface area contributed by atoms with Crippen LogP contribution in [0.3, 0.4) is 0 Å². The first kappa shape index (κ1) is 17.3. The van der Waals surface area contributed by atoms with Gasteiger partial charge in [-0.25, -0.2) is 0 Å². The van der Waals surface area contributed by atoms with Crippen molar-refractivity contribution >= 4 is 11.6 Å². The summed E-state index contributed by atoms with van der Waals surface area (Å²) in [6.07, 6.45) is 2.17. The lowest BCUT2D eigenvalue weighted by molar-refractivity contribution is 0.0553. The maximum atomic E-state index is 12.9. The van der Waals surface area contributed by atoms with Crippen molar-refractivity contribution in [3.63, 3.8) is 0 Å². The zero-order valence-corrected chi connectivity index (χ0v) is 15.2. The van der Waals surface area contributed by atoms with E-state index in [-0.39, 0.29) is 5.91 Å². The Hall–Kier alpha value is -2.49. The van der Waals surface area contributed by atoms with Gasteiger partial charge in [0.1, 0.15) is 11.4 Å². The molecule has 0 radical (unpaired) electrons. The van der Waals surface area contributed by atoms with Gasteiger partial charge in [-0.15, -0.1) is 0 Å². The van der Waals surface area contributed by atoms with Crippen molar-refractivity contribution < 1.29 is 9.53 Å². The molecule has 0 fully saturated rings. The zero-order chi connectivity index (χ0) is 17.9. The molecule has 0 saturated carbocycles. The monoisotopic (exact) mass is 338 g/mol. The highest BCUT2D eigenvalue weighted by atomic mass is 16.5. The van der Waals surface area contributed by atoms with Crippen LogP contribution in [0.1, 0.15) is 49.5 Å². The lowest BCUT2D eigenvalue weighted by Crippen LogP contribution is -2.55. The first-order valence-electron chi connectivity index (χ1n) is 9.02. The maximum absolute atomic E-state index is 12.9. The molecule has 2 aromatic rings. The van der Waals surface area contributed by atoms with E-state index in [1.807, 2.05) is 60.4 Å². The van der Waals surface area contributed by atoms with Crippen molar-refractivity contribution in [2.24, 2.45) is 0 Å². The van der Waals surface area contributed by atoms with Crippen LogP contribution >= 0.6 is 0 Å². The van der Waals surface area contributed by atoms with Crippen LogP contribution in [0.5, 0.6) is 5.75 Å². The van der Waals surface area contributed by atoms with E-state index >= 15 is 0 Å². The lowest BCUT2D eigenvalue weighted by Gasteiger charge is -2.46. The minimum absolute atomic E-state index is 0.0580. The van der Waals surface area contributed by atoms with Crippen molar-refractivity contribution in [2.75, 3.05) is 18.5 Å². The van der Waals surface area contributed by atoms with Crippen LogP contribution in [0.2, 0.25) is 0 Å². The molecule has 3 rings (SSSR count). The van der Waals surface area contributed by atoms with Gasteiger partial charge >= 0.3 is 0 Å². The average Bonchev–Trinajstić information content (AvgIpc) is 2.63. The zero-order valence-electron chi connectivity index (χ0n) is 15.2. The molecule has 1 unspecified atom stereocenters. The molecule has 0 aliphatic carbocycles. The number of amides is 1. The Morgan fingerprint density at radius 2 is 1.80 bits per heavy atom. The molecule has 0 bridgehead atoms. The number of carbonyl (C=O) groups excluding carboxylic acids is 1. The molecule has 1 aliphatic heterocycles. The van der Waals surface area contributed by atoms with Crippen molar-refractivity contribution in [2.45, 2.75) is 39.3 Å². The minimum Gasteiger partial charge on any atom is -0.494 e. The highest BCUT2D eigenvalue weighted by Gasteiger charge is 2.41. The Kier molecular flexibility index (Phi) is 4.98. The molecule has 4 nitrogen and oxygen atoms in total. The van der Waals surface area contributed by atoms with Gasteiger partial charge in [-0.3, -0.25) is 4.79 Å². The third-order valence-corrected chi connectivity index (χ3v) is 4.82. The Morgan fingerprint density at radius 3 is 2.48 bits per heavy atom. The average molecular weight is 338 g/mol. The summed E-state index contributed by atoms with van der Waals surface area (Å²) in [6.45, 7) is 7.57. The number of nitrogens with zero attached hydrogens (tertiary/aromatic N) is 1. The van der Waals surface area contributed by atoms with Gasteiger partial charge in [0.25, 0.3) is 5.91 Å². The molecule has 4 heteroatoms. The van der Waals surface area contributed by atoms with Gasteiger partial charge in [0.05, 0.1) is 12.2 Å². The van der Waals surface area contributed by atoms with Crippen LogP contribution < -0.4 is 10.1 Å². The van der Waals surface area contributed by atoms with Crippen LogP contribution in [-0.4, -0.2) is 24.0 Å². The number of para-hydroxylation sites is 1. The molecular weight excluding hydrogens is 312 g/mol. The molecule has 1 heterocycles. The quantitative estimate of drug-likeness (QED) is 0.781. The lowest BCUT2D eigenvalue weighted by atomic mass is 9.93. The number of nitrogens with one attached hydrogen (secondary N) is 1. The second-order valence-electron chi connectivity index (χ2n) is 6.52. The van der Waals surface area contributed by atoms with Crippen molar-refractivity contribution in [1.82, 2.24) is 4.90 Å². The van der Waals surface area contributed by atoms with Crippen molar-refractivity contribution in [1.29, 1.82) is 0 Å². The SMILES string of the molecule is CCCCOc1ccc(C2(C)Nc3ccccc3C(=O)N2CC)cc1. The number of hydrogen-bond donors (Lipinski definition) is 1. The summed E-state index contributed by atoms with van der Waals surface area (Å²) in [7, 11) is 0. The highest BCUT2D eigenvalue weighted by molar-refractivity contribution is 6.02. The largest absolute Gasteiger partial charge is 0.494 e. The third kappa shape index (κ3) is 3.21. The van der Waals surface area contributed by atoms with E-state index in [0.29, 0.717) is 6.54 Å². The molecule has 1 N–H and O–H groups in total. The third-order valence-electron chi connectivity index (χ3n) is 4.82. The van der Waals surface area contributed by atoms with Gasteiger partial charge in [0.15, 0.2) is 0 Å². The van der Waals surface area contributed by atoms with Gasteiger partial charge in [-0.05, 0) is 50.1 Å². The molecule has 1 atom stereocenters. The van der Waals surface area contributed by atoms with Gasteiger partial charge < -0.3 is 15.0 Å². The number of ether oxygens (including phenoxy) is 1. The molecule has 132 valence electrons. The minimum atomic E-state index is -0.581. The van der Waals surface area contributed by atoms with Crippen molar-refractivity contribution in [3.8, 4) is 5.75 Å². The van der Waals surface area contributed by atoms with E-state index in [9.17, 15) is 4.79 Å². The number of hydrogen-bond acceptors (Lipinski definition) is 3. The van der Waals surface area contributed by atoms with E-state index in [0.717, 1.165) is 42.0 Å². The van der Waals surface area contributed by atoms with Gasteiger partial charge in [0.2, 0.25) is 0 Å². The number of carbonyl (C=O) groups is 1. The normalized spacial score (nSPS) is 19.3. The maximum Gasteiger partial charge on any atom is 0.258 e. The highest BCUT2D eigenvalue weighted by Crippen LogP contribution is 2.37. The van der Waals surface area contributed by atoms with Crippen molar-refractivity contribution in [3.05, 3.63) is 59.7 Å². The van der Waals surface area contributed by atoms with Gasteiger partial charge in [-0.2, -0.15) is 0 Å².